The third-order valence-electron chi connectivity index (χ3n) is 5.80. The lowest BCUT2D eigenvalue weighted by atomic mass is 9.93. The standard InChI is InChI=1S/C23H28N2O3S/c1-3-4-21(26)25(17-7-8-17)15-22(27)24-13-11-20-19(12-14-29-20)23(24)16-5-9-18(28-2)10-6-16/h5-6,9-10,12,14,17,23H,3-4,7-8,11,13,15H2,1-2H3. The fourth-order valence-electron chi connectivity index (χ4n) is 4.13. The molecule has 2 heterocycles. The van der Waals surface area contributed by atoms with Crippen LogP contribution in [0.3, 0.4) is 0 Å². The van der Waals surface area contributed by atoms with Gasteiger partial charge in [0.2, 0.25) is 11.8 Å². The number of carbonyl (C=O) groups excluding carboxylic acids is 2. The maximum atomic E-state index is 13.4. The molecule has 4 rings (SSSR count). The minimum Gasteiger partial charge on any atom is -0.497 e. The van der Waals surface area contributed by atoms with E-state index >= 15 is 0 Å². The lowest BCUT2D eigenvalue weighted by Crippen LogP contribution is -2.47. The first-order valence-corrected chi connectivity index (χ1v) is 11.3. The SMILES string of the molecule is CCCC(=O)N(CC(=O)N1CCc2sccc2C1c1ccc(OC)cc1)C1CC1. The van der Waals surface area contributed by atoms with Gasteiger partial charge in [-0.2, -0.15) is 0 Å². The molecule has 29 heavy (non-hydrogen) atoms. The Morgan fingerprint density at radius 2 is 1.97 bits per heavy atom. The quantitative estimate of drug-likeness (QED) is 0.690. The largest absolute Gasteiger partial charge is 0.497 e. The molecule has 0 radical (unpaired) electrons. The van der Waals surface area contributed by atoms with Crippen LogP contribution in [0.2, 0.25) is 0 Å². The number of thiophene rings is 1. The number of nitrogens with zero attached hydrogens (tertiary/aromatic N) is 2. The van der Waals surface area contributed by atoms with E-state index in [0.29, 0.717) is 13.0 Å². The van der Waals surface area contributed by atoms with Crippen LogP contribution in [0.25, 0.3) is 0 Å². The molecule has 2 aliphatic rings. The van der Waals surface area contributed by atoms with Crippen molar-refractivity contribution in [3.63, 3.8) is 0 Å². The summed E-state index contributed by atoms with van der Waals surface area (Å²) in [7, 11) is 1.65. The third-order valence-corrected chi connectivity index (χ3v) is 6.79. The Labute approximate surface area is 176 Å². The number of methoxy groups -OCH3 is 1. The summed E-state index contributed by atoms with van der Waals surface area (Å²) < 4.78 is 5.30. The van der Waals surface area contributed by atoms with Crippen LogP contribution >= 0.6 is 11.3 Å². The fraction of sp³-hybridized carbons (Fsp3) is 0.478. The highest BCUT2D eigenvalue weighted by molar-refractivity contribution is 7.10. The molecule has 1 fully saturated rings. The lowest BCUT2D eigenvalue weighted by molar-refractivity contribution is -0.142. The molecule has 1 saturated carbocycles. The Hall–Kier alpha value is -2.34. The highest BCUT2D eigenvalue weighted by Gasteiger charge is 2.37. The van der Waals surface area contributed by atoms with Crippen LogP contribution in [0.4, 0.5) is 0 Å². The third kappa shape index (κ3) is 4.17. The van der Waals surface area contributed by atoms with Crippen molar-refractivity contribution in [3.8, 4) is 5.75 Å². The van der Waals surface area contributed by atoms with Crippen LogP contribution in [0.15, 0.2) is 35.7 Å². The number of benzene rings is 1. The van der Waals surface area contributed by atoms with E-state index in [1.165, 1.54) is 10.4 Å². The molecule has 0 spiro atoms. The van der Waals surface area contributed by atoms with Crippen LogP contribution in [-0.4, -0.2) is 47.9 Å². The summed E-state index contributed by atoms with van der Waals surface area (Å²) in [6.45, 7) is 2.88. The topological polar surface area (TPSA) is 49.9 Å². The van der Waals surface area contributed by atoms with Crippen molar-refractivity contribution in [1.29, 1.82) is 0 Å². The number of carbonyl (C=O) groups is 2. The number of rotatable bonds is 7. The summed E-state index contributed by atoms with van der Waals surface area (Å²) in [6, 6.07) is 10.2. The minimum atomic E-state index is -0.106. The molecule has 0 N–H and O–H groups in total. The Kier molecular flexibility index (Phi) is 5.90. The average Bonchev–Trinajstić information content (AvgIpc) is 3.47. The first-order chi connectivity index (χ1) is 14.1. The summed E-state index contributed by atoms with van der Waals surface area (Å²) in [6.07, 6.45) is 4.23. The highest BCUT2D eigenvalue weighted by Crippen LogP contribution is 2.38. The van der Waals surface area contributed by atoms with Gasteiger partial charge in [-0.25, -0.2) is 0 Å². The molecule has 6 heteroatoms. The van der Waals surface area contributed by atoms with Crippen LogP contribution in [0.5, 0.6) is 5.75 Å². The highest BCUT2D eigenvalue weighted by atomic mass is 32.1. The Morgan fingerprint density at radius 3 is 2.62 bits per heavy atom. The zero-order chi connectivity index (χ0) is 20.4. The summed E-state index contributed by atoms with van der Waals surface area (Å²) in [5.41, 5.74) is 2.29. The second-order valence-corrected chi connectivity index (χ2v) is 8.82. The van der Waals surface area contributed by atoms with Crippen molar-refractivity contribution < 1.29 is 14.3 Å². The zero-order valence-corrected chi connectivity index (χ0v) is 17.9. The molecule has 5 nitrogen and oxygen atoms in total. The van der Waals surface area contributed by atoms with E-state index in [0.717, 1.165) is 37.0 Å². The molecule has 0 saturated heterocycles. The van der Waals surface area contributed by atoms with Gasteiger partial charge in [0, 0.05) is 23.9 Å². The van der Waals surface area contributed by atoms with Gasteiger partial charge in [-0.05, 0) is 60.4 Å². The van der Waals surface area contributed by atoms with Gasteiger partial charge in [-0.1, -0.05) is 19.1 Å². The molecular formula is C23H28N2O3S. The molecule has 1 aromatic carbocycles. The molecule has 2 aromatic rings. The van der Waals surface area contributed by atoms with E-state index in [2.05, 4.69) is 11.4 Å². The van der Waals surface area contributed by atoms with Crippen molar-refractivity contribution in [2.75, 3.05) is 20.2 Å². The monoisotopic (exact) mass is 412 g/mol. The van der Waals surface area contributed by atoms with Gasteiger partial charge in [0.25, 0.3) is 0 Å². The van der Waals surface area contributed by atoms with Crippen molar-refractivity contribution in [1.82, 2.24) is 9.80 Å². The molecule has 1 aliphatic heterocycles. The van der Waals surface area contributed by atoms with E-state index in [4.69, 9.17) is 4.74 Å². The van der Waals surface area contributed by atoms with Crippen molar-refractivity contribution in [2.24, 2.45) is 0 Å². The molecule has 1 atom stereocenters. The predicted molar refractivity (Wildman–Crippen MR) is 114 cm³/mol. The number of amides is 2. The molecule has 154 valence electrons. The van der Waals surface area contributed by atoms with E-state index in [9.17, 15) is 9.59 Å². The van der Waals surface area contributed by atoms with Crippen LogP contribution in [0, 0.1) is 0 Å². The summed E-state index contributed by atoms with van der Waals surface area (Å²) >= 11 is 1.76. The number of ether oxygens (including phenoxy) is 1. The molecule has 1 unspecified atom stereocenters. The van der Waals surface area contributed by atoms with E-state index < -0.39 is 0 Å². The molecular weight excluding hydrogens is 384 g/mol. The molecule has 1 aliphatic carbocycles. The number of fused-ring (bicyclic) bond motifs is 1. The average molecular weight is 413 g/mol. The fourth-order valence-corrected chi connectivity index (χ4v) is 5.04. The van der Waals surface area contributed by atoms with E-state index in [1.807, 2.05) is 41.0 Å². The number of hydrogen-bond acceptors (Lipinski definition) is 4. The van der Waals surface area contributed by atoms with Gasteiger partial charge in [0.15, 0.2) is 0 Å². The van der Waals surface area contributed by atoms with E-state index in [-0.39, 0.29) is 30.4 Å². The zero-order valence-electron chi connectivity index (χ0n) is 17.1. The normalized spacial score (nSPS) is 18.3. The molecule has 1 aromatic heterocycles. The lowest BCUT2D eigenvalue weighted by Gasteiger charge is -2.37. The van der Waals surface area contributed by atoms with Gasteiger partial charge >= 0.3 is 0 Å². The van der Waals surface area contributed by atoms with Crippen LogP contribution < -0.4 is 4.74 Å². The van der Waals surface area contributed by atoms with Crippen molar-refractivity contribution >= 4 is 23.2 Å². The Morgan fingerprint density at radius 1 is 1.21 bits per heavy atom. The molecule has 0 bridgehead atoms. The smallest absolute Gasteiger partial charge is 0.243 e. The first-order valence-electron chi connectivity index (χ1n) is 10.4. The predicted octanol–water partition coefficient (Wildman–Crippen LogP) is 4.02. The maximum Gasteiger partial charge on any atom is 0.243 e. The summed E-state index contributed by atoms with van der Waals surface area (Å²) in [4.78, 5) is 31.1. The molecule has 2 amide bonds. The Balaban J connectivity index is 1.60. The van der Waals surface area contributed by atoms with Gasteiger partial charge in [-0.3, -0.25) is 9.59 Å². The van der Waals surface area contributed by atoms with Crippen molar-refractivity contribution in [2.45, 2.75) is 51.1 Å². The van der Waals surface area contributed by atoms with E-state index in [1.54, 1.807) is 18.4 Å². The maximum absolute atomic E-state index is 13.4. The first kappa shape index (κ1) is 20.0. The van der Waals surface area contributed by atoms with Crippen molar-refractivity contribution in [3.05, 3.63) is 51.7 Å². The Bertz CT molecular complexity index is 873. The summed E-state index contributed by atoms with van der Waals surface area (Å²) in [5.74, 6) is 0.953. The summed E-state index contributed by atoms with van der Waals surface area (Å²) in [5, 5.41) is 2.11. The van der Waals surface area contributed by atoms with Crippen LogP contribution in [0.1, 0.15) is 54.7 Å². The van der Waals surface area contributed by atoms with Gasteiger partial charge in [-0.15, -0.1) is 11.3 Å². The van der Waals surface area contributed by atoms with Gasteiger partial charge in [0.1, 0.15) is 12.3 Å². The second-order valence-electron chi connectivity index (χ2n) is 7.81. The number of hydrogen-bond donors (Lipinski definition) is 0. The minimum absolute atomic E-state index is 0.0408. The van der Waals surface area contributed by atoms with Gasteiger partial charge < -0.3 is 14.5 Å². The van der Waals surface area contributed by atoms with Crippen LogP contribution in [-0.2, 0) is 16.0 Å². The second kappa shape index (κ2) is 8.57. The van der Waals surface area contributed by atoms with Gasteiger partial charge in [0.05, 0.1) is 13.2 Å².